The van der Waals surface area contributed by atoms with E-state index < -0.39 is 41.1 Å². The van der Waals surface area contributed by atoms with E-state index in [9.17, 15) is 27.9 Å². The first-order valence-corrected chi connectivity index (χ1v) is 12.5. The van der Waals surface area contributed by atoms with Gasteiger partial charge in [0.1, 0.15) is 0 Å². The number of ether oxygens (including phenoxy) is 1. The molecule has 10 heteroatoms. The normalized spacial score (nSPS) is 18.0. The monoisotopic (exact) mass is 515 g/mol. The van der Waals surface area contributed by atoms with Gasteiger partial charge in [0.2, 0.25) is 5.91 Å². The number of unbranched alkanes of at least 4 members (excludes halogenated alkanes) is 1. The number of rotatable bonds is 11. The Morgan fingerprint density at radius 1 is 1.25 bits per heavy atom. The molecule has 0 aliphatic carbocycles. The lowest BCUT2D eigenvalue weighted by molar-refractivity contribution is -0.138. The van der Waals surface area contributed by atoms with Crippen molar-refractivity contribution in [1.29, 1.82) is 0 Å². The topological polar surface area (TPSA) is 82.1 Å². The smallest absolute Gasteiger partial charge is 0.395 e. The zero-order valence-corrected chi connectivity index (χ0v) is 22.0. The number of aliphatic hydroxyl groups excluding tert-OH is 1. The maximum Gasteiger partial charge on any atom is 0.417 e. The van der Waals surface area contributed by atoms with Gasteiger partial charge in [-0.25, -0.2) is 0 Å². The number of alkyl halides is 3. The second-order valence-electron chi connectivity index (χ2n) is 9.83. The zero-order chi connectivity index (χ0) is 27.1. The van der Waals surface area contributed by atoms with Crippen LogP contribution in [0.5, 0.6) is 0 Å². The Labute approximate surface area is 212 Å². The molecule has 1 aliphatic heterocycles. The van der Waals surface area contributed by atoms with E-state index in [0.29, 0.717) is 38.8 Å². The van der Waals surface area contributed by atoms with Gasteiger partial charge in [-0.05, 0) is 70.2 Å². The molecule has 1 aromatic carbocycles. The molecule has 1 fully saturated rings. The van der Waals surface area contributed by atoms with Crippen LogP contribution in [0.3, 0.4) is 0 Å². The maximum absolute atomic E-state index is 14.1. The number of carbonyl (C=O) groups excluding carboxylic acids is 2. The molecule has 0 bridgehead atoms. The number of likely N-dealkylation sites (N-methyl/N-ethyl adjacent to an activating group) is 1. The summed E-state index contributed by atoms with van der Waals surface area (Å²) < 4.78 is 47.3. The zero-order valence-electron chi connectivity index (χ0n) is 22.0. The van der Waals surface area contributed by atoms with Gasteiger partial charge in [0.05, 0.1) is 23.1 Å². The molecule has 2 amide bonds. The fourth-order valence-corrected chi connectivity index (χ4v) is 4.42. The van der Waals surface area contributed by atoms with Gasteiger partial charge < -0.3 is 25.0 Å². The van der Waals surface area contributed by atoms with Gasteiger partial charge in [0, 0.05) is 45.6 Å². The van der Waals surface area contributed by atoms with Gasteiger partial charge in [0.25, 0.3) is 5.91 Å². The van der Waals surface area contributed by atoms with E-state index in [1.54, 1.807) is 21.0 Å². The predicted molar refractivity (Wildman–Crippen MR) is 133 cm³/mol. The highest BCUT2D eigenvalue weighted by molar-refractivity contribution is 6.01. The van der Waals surface area contributed by atoms with Crippen LogP contribution in [-0.2, 0) is 15.7 Å². The van der Waals surface area contributed by atoms with Crippen LogP contribution in [0.25, 0.3) is 0 Å². The predicted octanol–water partition coefficient (Wildman–Crippen LogP) is 4.01. The lowest BCUT2D eigenvalue weighted by Gasteiger charge is -2.35. The molecule has 0 spiro atoms. The summed E-state index contributed by atoms with van der Waals surface area (Å²) in [6.07, 6.45) is -1.68. The third kappa shape index (κ3) is 6.98. The summed E-state index contributed by atoms with van der Waals surface area (Å²) in [5.74, 6) is -1.12. The Morgan fingerprint density at radius 2 is 1.94 bits per heavy atom. The highest BCUT2D eigenvalue weighted by atomic mass is 19.4. The highest BCUT2D eigenvalue weighted by Crippen LogP contribution is 2.38. The van der Waals surface area contributed by atoms with Crippen molar-refractivity contribution in [2.24, 2.45) is 5.41 Å². The molecule has 0 radical (unpaired) electrons. The molecule has 0 aromatic heterocycles. The van der Waals surface area contributed by atoms with Crippen LogP contribution in [-0.4, -0.2) is 74.9 Å². The van der Waals surface area contributed by atoms with Crippen molar-refractivity contribution in [2.45, 2.75) is 65.1 Å². The van der Waals surface area contributed by atoms with E-state index in [1.807, 2.05) is 0 Å². The van der Waals surface area contributed by atoms with E-state index in [4.69, 9.17) is 4.74 Å². The van der Waals surface area contributed by atoms with Gasteiger partial charge in [-0.2, -0.15) is 13.2 Å². The SMILES string of the molecule is CCC(C)(CO)C(=O)N(CCCCOC)c1cc(C(=O)N(C)C2CCCNC2)c(C(F)(F)F)cc1C. The van der Waals surface area contributed by atoms with Crippen LogP contribution >= 0.6 is 0 Å². The fraction of sp³-hybridized carbons (Fsp3) is 0.692. The highest BCUT2D eigenvalue weighted by Gasteiger charge is 2.40. The molecule has 1 aromatic rings. The Bertz CT molecular complexity index is 897. The van der Waals surface area contributed by atoms with E-state index in [1.165, 1.54) is 29.8 Å². The Balaban J connectivity index is 2.60. The van der Waals surface area contributed by atoms with Crippen LogP contribution in [0.1, 0.15) is 67.4 Å². The summed E-state index contributed by atoms with van der Waals surface area (Å²) in [7, 11) is 3.09. The minimum Gasteiger partial charge on any atom is -0.395 e. The number of amides is 2. The molecule has 2 atom stereocenters. The maximum atomic E-state index is 14.1. The Hall–Kier alpha value is -2.17. The van der Waals surface area contributed by atoms with Crippen molar-refractivity contribution in [3.63, 3.8) is 0 Å². The molecule has 2 N–H and O–H groups in total. The average molecular weight is 516 g/mol. The number of aryl methyl sites for hydroxylation is 1. The van der Waals surface area contributed by atoms with Crippen LogP contribution in [0, 0.1) is 12.3 Å². The third-order valence-corrected chi connectivity index (χ3v) is 7.17. The second kappa shape index (κ2) is 12.9. The number of nitrogens with one attached hydrogen (secondary N) is 1. The third-order valence-electron chi connectivity index (χ3n) is 7.17. The number of hydrogen-bond donors (Lipinski definition) is 2. The van der Waals surface area contributed by atoms with Gasteiger partial charge in [-0.1, -0.05) is 6.92 Å². The van der Waals surface area contributed by atoms with E-state index in [0.717, 1.165) is 19.0 Å². The summed E-state index contributed by atoms with van der Waals surface area (Å²) in [5, 5.41) is 13.1. The number of piperidine rings is 1. The number of nitrogens with zero attached hydrogens (tertiary/aromatic N) is 2. The van der Waals surface area contributed by atoms with Gasteiger partial charge >= 0.3 is 6.18 Å². The minimum atomic E-state index is -4.74. The molecule has 204 valence electrons. The van der Waals surface area contributed by atoms with Crippen LogP contribution in [0.15, 0.2) is 12.1 Å². The van der Waals surface area contributed by atoms with E-state index in [-0.39, 0.29) is 23.8 Å². The largest absolute Gasteiger partial charge is 0.417 e. The van der Waals surface area contributed by atoms with E-state index >= 15 is 0 Å². The molecule has 1 heterocycles. The average Bonchev–Trinajstić information content (AvgIpc) is 2.87. The number of anilines is 1. The van der Waals surface area contributed by atoms with E-state index in [2.05, 4.69) is 5.32 Å². The molecular formula is C26H40F3N3O4. The van der Waals surface area contributed by atoms with Crippen molar-refractivity contribution >= 4 is 17.5 Å². The number of halogens is 3. The van der Waals surface area contributed by atoms with Crippen molar-refractivity contribution in [3.05, 3.63) is 28.8 Å². The number of aliphatic hydroxyl groups is 1. The van der Waals surface area contributed by atoms with Crippen LogP contribution in [0.2, 0.25) is 0 Å². The molecule has 1 saturated heterocycles. The summed E-state index contributed by atoms with van der Waals surface area (Å²) in [4.78, 5) is 29.8. The molecule has 2 rings (SSSR count). The minimum absolute atomic E-state index is 0.221. The molecule has 36 heavy (non-hydrogen) atoms. The first kappa shape index (κ1) is 30.1. The van der Waals surface area contributed by atoms with Crippen LogP contribution < -0.4 is 10.2 Å². The lowest BCUT2D eigenvalue weighted by Crippen LogP contribution is -2.47. The number of carbonyl (C=O) groups is 2. The summed E-state index contributed by atoms with van der Waals surface area (Å²) in [6.45, 7) is 6.53. The van der Waals surface area contributed by atoms with Crippen LogP contribution in [0.4, 0.5) is 18.9 Å². The molecule has 1 aliphatic rings. The number of methoxy groups -OCH3 is 1. The summed E-state index contributed by atoms with van der Waals surface area (Å²) >= 11 is 0. The lowest BCUT2D eigenvalue weighted by atomic mass is 9.86. The molecule has 7 nitrogen and oxygen atoms in total. The summed E-state index contributed by atoms with van der Waals surface area (Å²) in [5.41, 5.74) is -2.12. The number of benzene rings is 1. The Kier molecular flexibility index (Phi) is 10.7. The quantitative estimate of drug-likeness (QED) is 0.436. The summed E-state index contributed by atoms with van der Waals surface area (Å²) in [6, 6.07) is 1.93. The van der Waals surface area contributed by atoms with Crippen molar-refractivity contribution in [1.82, 2.24) is 10.2 Å². The Morgan fingerprint density at radius 3 is 2.47 bits per heavy atom. The van der Waals surface area contributed by atoms with Crippen molar-refractivity contribution in [3.8, 4) is 0 Å². The molecular weight excluding hydrogens is 475 g/mol. The first-order chi connectivity index (χ1) is 16.9. The standard InChI is InChI=1S/C26H40F3N3O4/c1-6-25(3,17-33)24(35)32(12-7-8-13-36-5)22-15-20(21(14-18(22)2)26(27,28)29)23(34)31(4)19-10-9-11-30-16-19/h14-15,19,30,33H,6-13,16-17H2,1-5H3. The van der Waals surface area contributed by atoms with Gasteiger partial charge in [0.15, 0.2) is 0 Å². The van der Waals surface area contributed by atoms with Gasteiger partial charge in [-0.3, -0.25) is 9.59 Å². The van der Waals surface area contributed by atoms with Crippen molar-refractivity contribution < 1.29 is 32.6 Å². The molecule has 2 unspecified atom stereocenters. The van der Waals surface area contributed by atoms with Crippen molar-refractivity contribution in [2.75, 3.05) is 51.9 Å². The second-order valence-corrected chi connectivity index (χ2v) is 9.83. The first-order valence-electron chi connectivity index (χ1n) is 12.5. The number of hydrogen-bond acceptors (Lipinski definition) is 5. The van der Waals surface area contributed by atoms with Gasteiger partial charge in [-0.15, -0.1) is 0 Å². The fourth-order valence-electron chi connectivity index (χ4n) is 4.42. The molecule has 0 saturated carbocycles.